The number of nitrogens with zero attached hydrogens (tertiary/aromatic N) is 4. The van der Waals surface area contributed by atoms with Gasteiger partial charge in [-0.15, -0.1) is 4.65 Å². The van der Waals surface area contributed by atoms with Crippen LogP contribution < -0.4 is 0 Å². The van der Waals surface area contributed by atoms with E-state index in [1.54, 1.807) is 26.9 Å². The van der Waals surface area contributed by atoms with Gasteiger partial charge in [-0.05, 0) is 0 Å². The summed E-state index contributed by atoms with van der Waals surface area (Å²) in [6, 6.07) is 0. The highest BCUT2D eigenvalue weighted by Crippen LogP contribution is 2.20. The number of hydrogen-bond donors (Lipinski definition) is 0. The van der Waals surface area contributed by atoms with E-state index >= 15 is 0 Å². The quantitative estimate of drug-likeness (QED) is 0.634. The maximum Gasteiger partial charge on any atom is 0.248 e. The second-order valence-electron chi connectivity index (χ2n) is 4.06. The zero-order valence-electron chi connectivity index (χ0n) is 10.3. The summed E-state index contributed by atoms with van der Waals surface area (Å²) in [5.74, 6) is 0. The zero-order valence-corrected chi connectivity index (χ0v) is 10.3. The van der Waals surface area contributed by atoms with E-state index in [9.17, 15) is 0 Å². The maximum atomic E-state index is 5.66. The summed E-state index contributed by atoms with van der Waals surface area (Å²) in [5.41, 5.74) is 0. The highest BCUT2D eigenvalue weighted by molar-refractivity contribution is 5.72. The Hall–Kier alpha value is -1.02. The molecule has 17 heavy (non-hydrogen) atoms. The van der Waals surface area contributed by atoms with Crippen LogP contribution in [0.4, 0.5) is 0 Å². The second-order valence-corrected chi connectivity index (χ2v) is 4.06. The van der Waals surface area contributed by atoms with Gasteiger partial charge in [-0.3, -0.25) is 9.89 Å². The van der Waals surface area contributed by atoms with Crippen molar-refractivity contribution in [1.82, 2.24) is 4.90 Å². The predicted molar refractivity (Wildman–Crippen MR) is 62.3 cm³/mol. The van der Waals surface area contributed by atoms with Gasteiger partial charge >= 0.3 is 0 Å². The lowest BCUT2D eigenvalue weighted by molar-refractivity contribution is -1.14. The summed E-state index contributed by atoms with van der Waals surface area (Å²) in [6.45, 7) is 3.22. The molecule has 1 saturated heterocycles. The molecule has 0 N–H and O–H groups in total. The zero-order chi connectivity index (χ0) is 12.1. The molecule has 96 valence electrons. The van der Waals surface area contributed by atoms with Gasteiger partial charge in [0.05, 0.1) is 20.1 Å². The Morgan fingerprint density at radius 2 is 2.41 bits per heavy atom. The number of hydroxylamine groups is 3. The van der Waals surface area contributed by atoms with Crippen LogP contribution in [-0.4, -0.2) is 75.8 Å². The van der Waals surface area contributed by atoms with E-state index in [1.165, 1.54) is 0 Å². The molecule has 2 aliphatic rings. The average Bonchev–Trinajstić information content (AvgIpc) is 2.40. The Kier molecular flexibility index (Phi) is 4.06. The largest absolute Gasteiger partial charge is 0.366 e. The van der Waals surface area contributed by atoms with Gasteiger partial charge in [0.25, 0.3) is 0 Å². The Morgan fingerprint density at radius 1 is 1.53 bits per heavy atom. The lowest BCUT2D eigenvalue weighted by atomic mass is 10.4. The molecule has 2 unspecified atom stereocenters. The van der Waals surface area contributed by atoms with Crippen LogP contribution in [0.1, 0.15) is 0 Å². The summed E-state index contributed by atoms with van der Waals surface area (Å²) in [7, 11) is 3.37. The lowest BCUT2D eigenvalue weighted by Crippen LogP contribution is -2.65. The minimum atomic E-state index is -0.118. The number of quaternary nitrogens is 1. The fourth-order valence-corrected chi connectivity index (χ4v) is 2.11. The molecule has 0 radical (unpaired) electrons. The molecule has 0 amide bonds. The predicted octanol–water partition coefficient (Wildman–Crippen LogP) is -0.345. The number of hydrogen-bond acceptors (Lipinski definition) is 6. The molecule has 0 bridgehead atoms. The van der Waals surface area contributed by atoms with Crippen molar-refractivity contribution in [2.24, 2.45) is 9.98 Å². The van der Waals surface area contributed by atoms with Gasteiger partial charge in [0.1, 0.15) is 26.2 Å². The van der Waals surface area contributed by atoms with Gasteiger partial charge in [-0.1, -0.05) is 0 Å². The van der Waals surface area contributed by atoms with Crippen molar-refractivity contribution >= 4 is 12.7 Å². The first-order valence-corrected chi connectivity index (χ1v) is 5.59. The van der Waals surface area contributed by atoms with E-state index in [1.807, 2.05) is 4.90 Å². The molecule has 7 heteroatoms. The van der Waals surface area contributed by atoms with Gasteiger partial charge in [0, 0.05) is 7.11 Å². The number of ether oxygens (including phenoxy) is 2. The number of rotatable bonds is 4. The van der Waals surface area contributed by atoms with Crippen molar-refractivity contribution in [3.63, 3.8) is 0 Å². The topological polar surface area (TPSA) is 55.7 Å². The third-order valence-electron chi connectivity index (χ3n) is 3.10. The highest BCUT2D eigenvalue weighted by Gasteiger charge is 2.43. The van der Waals surface area contributed by atoms with Crippen molar-refractivity contribution in [2.75, 3.05) is 47.3 Å². The van der Waals surface area contributed by atoms with Gasteiger partial charge in [0.2, 0.25) is 6.23 Å². The van der Waals surface area contributed by atoms with Crippen LogP contribution in [0.25, 0.3) is 0 Å². The second kappa shape index (κ2) is 5.54. The molecule has 2 heterocycles. The molecule has 2 atom stereocenters. The number of aliphatic imine (C=N–C) groups is 2. The Bertz CT molecular complexity index is 310. The summed E-state index contributed by atoms with van der Waals surface area (Å²) < 4.78 is 11.3. The first-order chi connectivity index (χ1) is 8.30. The van der Waals surface area contributed by atoms with Crippen LogP contribution in [0.5, 0.6) is 0 Å². The van der Waals surface area contributed by atoms with Crippen LogP contribution in [0.15, 0.2) is 9.98 Å². The number of morpholine rings is 1. The van der Waals surface area contributed by atoms with Crippen LogP contribution in [0.2, 0.25) is 0 Å². The van der Waals surface area contributed by atoms with Crippen molar-refractivity contribution in [2.45, 2.75) is 6.23 Å². The first-order valence-electron chi connectivity index (χ1n) is 5.59. The molecule has 2 rings (SSSR count). The summed E-state index contributed by atoms with van der Waals surface area (Å²) in [5, 5.41) is 0. The van der Waals surface area contributed by atoms with E-state index in [4.69, 9.17) is 14.3 Å². The van der Waals surface area contributed by atoms with E-state index in [0.29, 0.717) is 31.2 Å². The fraction of sp³-hybridized carbons (Fsp3) is 0.800. The molecule has 0 aromatic rings. The van der Waals surface area contributed by atoms with Gasteiger partial charge < -0.3 is 9.47 Å². The Balaban J connectivity index is 2.06. The SMILES string of the molecule is COC1COCC[N+]1(CN1C=NC=NC1)OC. The molecule has 0 aliphatic carbocycles. The van der Waals surface area contributed by atoms with E-state index in [-0.39, 0.29) is 6.23 Å². The average molecular weight is 243 g/mol. The van der Waals surface area contributed by atoms with Gasteiger partial charge in [-0.25, -0.2) is 9.83 Å². The van der Waals surface area contributed by atoms with Crippen LogP contribution in [-0.2, 0) is 14.3 Å². The van der Waals surface area contributed by atoms with E-state index in [0.717, 1.165) is 6.54 Å². The molecular formula is C10H19N4O3+. The van der Waals surface area contributed by atoms with Gasteiger partial charge in [-0.2, -0.15) is 0 Å². The minimum absolute atomic E-state index is 0.118. The van der Waals surface area contributed by atoms with Crippen LogP contribution >= 0.6 is 0 Å². The third kappa shape index (κ3) is 2.63. The molecule has 1 fully saturated rings. The van der Waals surface area contributed by atoms with Crippen LogP contribution in [0, 0.1) is 0 Å². The smallest absolute Gasteiger partial charge is 0.248 e. The summed E-state index contributed by atoms with van der Waals surface area (Å²) in [4.78, 5) is 15.8. The minimum Gasteiger partial charge on any atom is -0.366 e. The number of methoxy groups -OCH3 is 1. The van der Waals surface area contributed by atoms with Crippen molar-refractivity contribution in [1.29, 1.82) is 0 Å². The fourth-order valence-electron chi connectivity index (χ4n) is 2.11. The highest BCUT2D eigenvalue weighted by atomic mass is 16.8. The Labute approximate surface area is 101 Å². The first kappa shape index (κ1) is 12.4. The van der Waals surface area contributed by atoms with Crippen molar-refractivity contribution in [3.05, 3.63) is 0 Å². The normalized spacial score (nSPS) is 33.1. The maximum absolute atomic E-state index is 5.66. The molecule has 2 aliphatic heterocycles. The molecule has 0 aromatic heterocycles. The third-order valence-corrected chi connectivity index (χ3v) is 3.10. The Morgan fingerprint density at radius 3 is 3.06 bits per heavy atom. The molecule has 0 saturated carbocycles. The summed E-state index contributed by atoms with van der Waals surface area (Å²) >= 11 is 0. The van der Waals surface area contributed by atoms with Crippen molar-refractivity contribution in [3.8, 4) is 0 Å². The molecule has 7 nitrogen and oxygen atoms in total. The monoisotopic (exact) mass is 243 g/mol. The van der Waals surface area contributed by atoms with E-state index in [2.05, 4.69) is 9.98 Å². The standard InChI is InChI=1S/C10H19N4O3/c1-15-10-5-17-4-3-14(10,16-2)9-13-7-11-6-12-8-13/h6-7,10H,3-5,8-9H2,1-2H3/q+1. The van der Waals surface area contributed by atoms with E-state index < -0.39 is 0 Å². The summed E-state index contributed by atoms with van der Waals surface area (Å²) in [6.07, 6.45) is 3.21. The molecule has 0 spiro atoms. The van der Waals surface area contributed by atoms with Crippen molar-refractivity contribution < 1.29 is 19.0 Å². The lowest BCUT2D eigenvalue weighted by Gasteiger charge is -2.43. The van der Waals surface area contributed by atoms with Gasteiger partial charge in [0.15, 0.2) is 6.67 Å². The molecule has 0 aromatic carbocycles. The van der Waals surface area contributed by atoms with Crippen LogP contribution in [0.3, 0.4) is 0 Å². The molecular weight excluding hydrogens is 224 g/mol.